The smallest absolute Gasteiger partial charge is 0.236 e. The van der Waals surface area contributed by atoms with Crippen molar-refractivity contribution in [1.29, 1.82) is 0 Å². The first kappa shape index (κ1) is 21.4. The van der Waals surface area contributed by atoms with E-state index in [1.54, 1.807) is 19.2 Å². The molecule has 0 radical (unpaired) electrons. The summed E-state index contributed by atoms with van der Waals surface area (Å²) in [5.74, 6) is 0.803. The number of amides is 2. The van der Waals surface area contributed by atoms with Gasteiger partial charge in [-0.2, -0.15) is 0 Å². The molecule has 0 unspecified atom stereocenters. The van der Waals surface area contributed by atoms with Crippen molar-refractivity contribution < 1.29 is 14.1 Å². The number of nitrogens with one attached hydrogen (secondary N) is 2. The second-order valence-electron chi connectivity index (χ2n) is 6.30. The summed E-state index contributed by atoms with van der Waals surface area (Å²) in [7, 11) is 0. The van der Waals surface area contributed by atoms with Gasteiger partial charge in [0.25, 0.3) is 0 Å². The molecule has 0 atom stereocenters. The molecule has 152 valence electrons. The van der Waals surface area contributed by atoms with E-state index < -0.39 is 0 Å². The number of hydrogen-bond acceptors (Lipinski definition) is 7. The Morgan fingerprint density at radius 1 is 1.17 bits per heavy atom. The van der Waals surface area contributed by atoms with Crippen LogP contribution in [0.4, 0.5) is 10.9 Å². The third-order valence-electron chi connectivity index (χ3n) is 3.78. The van der Waals surface area contributed by atoms with E-state index in [1.165, 1.54) is 23.1 Å². The molecule has 7 nitrogen and oxygen atoms in total. The summed E-state index contributed by atoms with van der Waals surface area (Å²) in [6, 6.07) is 7.58. The molecule has 0 bridgehead atoms. The van der Waals surface area contributed by atoms with Crippen molar-refractivity contribution in [2.24, 2.45) is 0 Å². The van der Waals surface area contributed by atoms with E-state index in [0.717, 1.165) is 21.0 Å². The molecule has 29 heavy (non-hydrogen) atoms. The second-order valence-corrected chi connectivity index (χ2v) is 8.81. The van der Waals surface area contributed by atoms with Crippen molar-refractivity contribution in [2.75, 3.05) is 22.1 Å². The molecule has 3 rings (SSSR count). The van der Waals surface area contributed by atoms with Gasteiger partial charge in [-0.05, 0) is 31.0 Å². The van der Waals surface area contributed by atoms with Gasteiger partial charge in [-0.3, -0.25) is 9.59 Å². The van der Waals surface area contributed by atoms with Crippen LogP contribution in [0.1, 0.15) is 21.8 Å². The number of halogens is 1. The summed E-state index contributed by atoms with van der Waals surface area (Å²) in [5, 5.41) is 10.3. The van der Waals surface area contributed by atoms with E-state index in [9.17, 15) is 9.59 Å². The Labute approximate surface area is 181 Å². The van der Waals surface area contributed by atoms with Crippen molar-refractivity contribution in [3.05, 3.63) is 57.2 Å². The molecular weight excluding hydrogens is 432 g/mol. The van der Waals surface area contributed by atoms with Gasteiger partial charge in [0.1, 0.15) is 5.76 Å². The van der Waals surface area contributed by atoms with Crippen molar-refractivity contribution >= 4 is 57.5 Å². The molecule has 1 aromatic carbocycles. The first-order valence-corrected chi connectivity index (χ1v) is 11.0. The summed E-state index contributed by atoms with van der Waals surface area (Å²) in [6.07, 6.45) is 2.44. The van der Waals surface area contributed by atoms with Crippen molar-refractivity contribution in [3.8, 4) is 0 Å². The molecule has 0 fully saturated rings. The van der Waals surface area contributed by atoms with Crippen molar-refractivity contribution in [1.82, 2.24) is 10.1 Å². The zero-order chi connectivity index (χ0) is 20.8. The monoisotopic (exact) mass is 450 g/mol. The lowest BCUT2D eigenvalue weighted by molar-refractivity contribution is -0.114. The van der Waals surface area contributed by atoms with Gasteiger partial charge >= 0.3 is 0 Å². The minimum atomic E-state index is -0.246. The lowest BCUT2D eigenvalue weighted by atomic mass is 10.1. The highest BCUT2D eigenvalue weighted by Gasteiger charge is 2.11. The first-order valence-electron chi connectivity index (χ1n) is 8.69. The minimum Gasteiger partial charge on any atom is -0.360 e. The first-order chi connectivity index (χ1) is 13.9. The summed E-state index contributed by atoms with van der Waals surface area (Å²) in [4.78, 5) is 29.1. The van der Waals surface area contributed by atoms with E-state index in [1.807, 2.05) is 25.1 Å². The molecular formula is C19H19ClN4O3S2. The van der Waals surface area contributed by atoms with E-state index >= 15 is 0 Å². The zero-order valence-electron chi connectivity index (χ0n) is 15.8. The van der Waals surface area contributed by atoms with Crippen LogP contribution in [-0.2, 0) is 16.0 Å². The number of aromatic nitrogens is 2. The van der Waals surface area contributed by atoms with E-state index in [-0.39, 0.29) is 23.3 Å². The van der Waals surface area contributed by atoms with E-state index in [2.05, 4.69) is 20.8 Å². The minimum absolute atomic E-state index is 0.136. The zero-order valence-corrected chi connectivity index (χ0v) is 18.2. The lowest BCUT2D eigenvalue weighted by Crippen LogP contribution is -2.18. The second kappa shape index (κ2) is 9.91. The Morgan fingerprint density at radius 3 is 2.62 bits per heavy atom. The van der Waals surface area contributed by atoms with E-state index in [0.29, 0.717) is 23.1 Å². The van der Waals surface area contributed by atoms with Gasteiger partial charge < -0.3 is 15.2 Å². The highest BCUT2D eigenvalue weighted by atomic mass is 35.5. The van der Waals surface area contributed by atoms with Crippen molar-refractivity contribution in [2.45, 2.75) is 20.3 Å². The van der Waals surface area contributed by atoms with Gasteiger partial charge in [-0.15, -0.1) is 23.1 Å². The van der Waals surface area contributed by atoms with Crippen LogP contribution < -0.4 is 10.6 Å². The van der Waals surface area contributed by atoms with Crippen LogP contribution in [0.2, 0.25) is 5.02 Å². The molecule has 2 aromatic heterocycles. The molecule has 0 saturated heterocycles. The Balaban J connectivity index is 1.41. The fraction of sp³-hybridized carbons (Fsp3) is 0.263. The van der Waals surface area contributed by atoms with Crippen LogP contribution in [0.5, 0.6) is 0 Å². The van der Waals surface area contributed by atoms with Crippen LogP contribution in [0, 0.1) is 13.8 Å². The SMILES string of the molecule is Cc1cc(NC(=O)CSCC(=O)Nc2ncc(Cc3ccc(C)c(Cl)c3)s2)no1. The Bertz CT molecular complexity index is 1020. The van der Waals surface area contributed by atoms with Crippen LogP contribution in [0.3, 0.4) is 0 Å². The number of benzene rings is 1. The maximum absolute atomic E-state index is 12.1. The molecule has 0 aliphatic carbocycles. The van der Waals surface area contributed by atoms with Gasteiger partial charge in [0, 0.05) is 28.6 Å². The fourth-order valence-corrected chi connectivity index (χ4v) is 4.07. The van der Waals surface area contributed by atoms with Crippen LogP contribution in [0.25, 0.3) is 0 Å². The number of carbonyl (C=O) groups excluding carboxylic acids is 2. The topological polar surface area (TPSA) is 97.1 Å². The van der Waals surface area contributed by atoms with Crippen LogP contribution in [-0.4, -0.2) is 33.5 Å². The highest BCUT2D eigenvalue weighted by Crippen LogP contribution is 2.24. The Kier molecular flexibility index (Phi) is 7.29. The molecule has 0 spiro atoms. The third-order valence-corrected chi connectivity index (χ3v) is 6.03. The Morgan fingerprint density at radius 2 is 1.93 bits per heavy atom. The van der Waals surface area contributed by atoms with Crippen molar-refractivity contribution in [3.63, 3.8) is 0 Å². The number of thiazole rings is 1. The molecule has 0 aliphatic heterocycles. The average molecular weight is 451 g/mol. The predicted molar refractivity (Wildman–Crippen MR) is 117 cm³/mol. The fourth-order valence-electron chi connectivity index (χ4n) is 2.39. The molecule has 10 heteroatoms. The molecule has 0 saturated carbocycles. The standard InChI is InChI=1S/C19H19ClN4O3S2/c1-11-3-4-13(7-15(11)20)6-14-8-21-19(29-14)23-18(26)10-28-9-17(25)22-16-5-12(2)27-24-16/h3-5,7-8H,6,9-10H2,1-2H3,(H,21,23,26)(H,22,24,25). The molecule has 0 aliphatic rings. The van der Waals surface area contributed by atoms with Gasteiger partial charge in [0.2, 0.25) is 11.8 Å². The third kappa shape index (κ3) is 6.59. The maximum Gasteiger partial charge on any atom is 0.236 e. The number of aryl methyl sites for hydroxylation is 2. The van der Waals surface area contributed by atoms with Gasteiger partial charge in [0.15, 0.2) is 10.9 Å². The number of hydrogen-bond donors (Lipinski definition) is 2. The molecule has 2 heterocycles. The van der Waals surface area contributed by atoms with Gasteiger partial charge in [-0.25, -0.2) is 4.98 Å². The summed E-state index contributed by atoms with van der Waals surface area (Å²) < 4.78 is 4.88. The maximum atomic E-state index is 12.1. The highest BCUT2D eigenvalue weighted by molar-refractivity contribution is 8.00. The largest absolute Gasteiger partial charge is 0.360 e. The number of nitrogens with zero attached hydrogens (tertiary/aromatic N) is 2. The van der Waals surface area contributed by atoms with Gasteiger partial charge in [0.05, 0.1) is 11.5 Å². The predicted octanol–water partition coefficient (Wildman–Crippen LogP) is 4.30. The Hall–Kier alpha value is -2.36. The molecule has 2 N–H and O–H groups in total. The van der Waals surface area contributed by atoms with E-state index in [4.69, 9.17) is 16.1 Å². The van der Waals surface area contributed by atoms with Crippen LogP contribution in [0.15, 0.2) is 35.0 Å². The number of carbonyl (C=O) groups is 2. The lowest BCUT2D eigenvalue weighted by Gasteiger charge is -2.03. The van der Waals surface area contributed by atoms with Gasteiger partial charge in [-0.1, -0.05) is 28.9 Å². The molecule has 2 amide bonds. The average Bonchev–Trinajstić information content (AvgIpc) is 3.27. The normalized spacial score (nSPS) is 10.7. The number of rotatable bonds is 8. The number of thioether (sulfide) groups is 1. The summed E-state index contributed by atoms with van der Waals surface area (Å²) in [5.41, 5.74) is 2.13. The molecule has 3 aromatic rings. The summed E-state index contributed by atoms with van der Waals surface area (Å²) in [6.45, 7) is 3.70. The summed E-state index contributed by atoms with van der Waals surface area (Å²) >= 11 is 8.79. The van der Waals surface area contributed by atoms with Crippen LogP contribution >= 0.6 is 34.7 Å². The number of anilines is 2. The quantitative estimate of drug-likeness (QED) is 0.531.